The van der Waals surface area contributed by atoms with Crippen LogP contribution in [0.25, 0.3) is 10.9 Å². The predicted molar refractivity (Wildman–Crippen MR) is 102 cm³/mol. The largest absolute Gasteiger partial charge is 0.490 e. The second kappa shape index (κ2) is 9.44. The number of nitrogens with zero attached hydrogens (tertiary/aromatic N) is 1. The minimum atomic E-state index is -5.08. The fourth-order valence-corrected chi connectivity index (χ4v) is 2.86. The maximum atomic E-state index is 12.1. The van der Waals surface area contributed by atoms with Crippen LogP contribution in [0, 0.1) is 13.8 Å². The molecule has 162 valence electrons. The monoisotopic (exact) mass is 426 g/mol. The lowest BCUT2D eigenvalue weighted by molar-refractivity contribution is -0.192. The summed E-state index contributed by atoms with van der Waals surface area (Å²) in [5.41, 5.74) is 10.5. The second-order valence-electron chi connectivity index (χ2n) is 6.36. The topological polar surface area (TPSA) is 134 Å². The molecule has 3 rings (SSSR count). The zero-order valence-corrected chi connectivity index (χ0v) is 16.3. The summed E-state index contributed by atoms with van der Waals surface area (Å²) >= 11 is 0. The van der Waals surface area contributed by atoms with Gasteiger partial charge in [-0.2, -0.15) is 13.2 Å². The number of hydrogen-bond acceptors (Lipinski definition) is 5. The molecule has 0 bridgehead atoms. The van der Waals surface area contributed by atoms with Crippen molar-refractivity contribution >= 4 is 22.8 Å². The Morgan fingerprint density at radius 2 is 1.97 bits per heavy atom. The van der Waals surface area contributed by atoms with Crippen molar-refractivity contribution in [2.24, 2.45) is 5.73 Å². The first kappa shape index (κ1) is 22.9. The first-order valence-electron chi connectivity index (χ1n) is 8.83. The lowest BCUT2D eigenvalue weighted by Crippen LogP contribution is -2.27. The molecule has 3 aromatic rings. The SMILES string of the molecule is Cc1[nH]c2c(C)cccc2c1CCNC(=O)c1ncoc1CN.O=C(O)C(F)(F)F. The number of H-pyrrole nitrogens is 1. The maximum absolute atomic E-state index is 12.1. The second-order valence-corrected chi connectivity index (χ2v) is 6.36. The molecule has 0 fully saturated rings. The number of carboxylic acid groups (broad SMARTS) is 1. The summed E-state index contributed by atoms with van der Waals surface area (Å²) in [6.07, 6.45) is -3.10. The first-order valence-corrected chi connectivity index (χ1v) is 8.83. The van der Waals surface area contributed by atoms with E-state index in [9.17, 15) is 18.0 Å². The fourth-order valence-electron chi connectivity index (χ4n) is 2.86. The summed E-state index contributed by atoms with van der Waals surface area (Å²) in [6, 6.07) is 6.24. The van der Waals surface area contributed by atoms with Crippen LogP contribution < -0.4 is 11.1 Å². The molecule has 0 radical (unpaired) electrons. The highest BCUT2D eigenvalue weighted by atomic mass is 19.4. The van der Waals surface area contributed by atoms with Crippen LogP contribution in [0.4, 0.5) is 13.2 Å². The number of nitrogens with one attached hydrogen (secondary N) is 2. The Hall–Kier alpha value is -3.34. The molecule has 0 unspecified atom stereocenters. The highest BCUT2D eigenvalue weighted by molar-refractivity contribution is 5.93. The molecule has 0 atom stereocenters. The number of amides is 1. The van der Waals surface area contributed by atoms with Crippen LogP contribution in [0.5, 0.6) is 0 Å². The third-order valence-corrected chi connectivity index (χ3v) is 4.31. The minimum absolute atomic E-state index is 0.156. The summed E-state index contributed by atoms with van der Waals surface area (Å²) in [6.45, 7) is 4.82. The lowest BCUT2D eigenvalue weighted by Gasteiger charge is -2.05. The van der Waals surface area contributed by atoms with E-state index in [-0.39, 0.29) is 18.1 Å². The van der Waals surface area contributed by atoms with Gasteiger partial charge in [0.25, 0.3) is 5.91 Å². The highest BCUT2D eigenvalue weighted by Crippen LogP contribution is 2.24. The molecule has 1 amide bonds. The number of oxazole rings is 1. The molecule has 0 saturated carbocycles. The van der Waals surface area contributed by atoms with E-state index < -0.39 is 12.1 Å². The summed E-state index contributed by atoms with van der Waals surface area (Å²) in [5.74, 6) is -2.61. The van der Waals surface area contributed by atoms with E-state index >= 15 is 0 Å². The van der Waals surface area contributed by atoms with Crippen LogP contribution in [0.15, 0.2) is 29.0 Å². The Morgan fingerprint density at radius 3 is 2.57 bits per heavy atom. The zero-order valence-electron chi connectivity index (χ0n) is 16.3. The maximum Gasteiger partial charge on any atom is 0.490 e. The number of alkyl halides is 3. The number of halogens is 3. The van der Waals surface area contributed by atoms with Crippen molar-refractivity contribution in [3.05, 3.63) is 52.9 Å². The Balaban J connectivity index is 0.000000396. The Labute approximate surface area is 169 Å². The number of aryl methyl sites for hydroxylation is 2. The number of nitrogens with two attached hydrogens (primary N) is 1. The molecule has 11 heteroatoms. The third-order valence-electron chi connectivity index (χ3n) is 4.31. The summed E-state index contributed by atoms with van der Waals surface area (Å²) in [4.78, 5) is 28.4. The number of fused-ring (bicyclic) bond motifs is 1. The van der Waals surface area contributed by atoms with Crippen LogP contribution in [0.2, 0.25) is 0 Å². The van der Waals surface area contributed by atoms with Gasteiger partial charge in [-0.3, -0.25) is 4.79 Å². The molecule has 8 nitrogen and oxygen atoms in total. The smallest absolute Gasteiger partial charge is 0.475 e. The van der Waals surface area contributed by atoms with E-state index in [0.29, 0.717) is 12.3 Å². The van der Waals surface area contributed by atoms with Crippen LogP contribution in [-0.4, -0.2) is 39.7 Å². The van der Waals surface area contributed by atoms with E-state index in [0.717, 1.165) is 17.6 Å². The number of benzene rings is 1. The molecule has 0 aliphatic rings. The van der Waals surface area contributed by atoms with Gasteiger partial charge in [-0.05, 0) is 31.4 Å². The van der Waals surface area contributed by atoms with Crippen LogP contribution in [0.1, 0.15) is 33.1 Å². The molecule has 2 aromatic heterocycles. The van der Waals surface area contributed by atoms with E-state index in [1.807, 2.05) is 0 Å². The number of carbonyl (C=O) groups is 2. The van der Waals surface area contributed by atoms with Crippen LogP contribution >= 0.6 is 0 Å². The Kier molecular flexibility index (Phi) is 7.22. The molecule has 2 heterocycles. The number of carbonyl (C=O) groups excluding carboxylic acids is 1. The van der Waals surface area contributed by atoms with Gasteiger partial charge in [0.15, 0.2) is 17.8 Å². The number of rotatable bonds is 5. The van der Waals surface area contributed by atoms with Gasteiger partial charge in [0.1, 0.15) is 0 Å². The number of para-hydroxylation sites is 1. The summed E-state index contributed by atoms with van der Waals surface area (Å²) < 4.78 is 36.8. The van der Waals surface area contributed by atoms with Crippen molar-refractivity contribution in [3.63, 3.8) is 0 Å². The molecule has 0 spiro atoms. The number of hydrogen-bond donors (Lipinski definition) is 4. The molecule has 0 saturated heterocycles. The van der Waals surface area contributed by atoms with Gasteiger partial charge in [-0.15, -0.1) is 0 Å². The average Bonchev–Trinajstić information content (AvgIpc) is 3.27. The van der Waals surface area contributed by atoms with Gasteiger partial charge in [-0.1, -0.05) is 18.2 Å². The van der Waals surface area contributed by atoms with Crippen molar-refractivity contribution in [1.29, 1.82) is 0 Å². The van der Waals surface area contributed by atoms with Crippen molar-refractivity contribution in [2.45, 2.75) is 33.0 Å². The molecule has 30 heavy (non-hydrogen) atoms. The normalized spacial score (nSPS) is 11.1. The number of aromatic amines is 1. The predicted octanol–water partition coefficient (Wildman–Crippen LogP) is 2.84. The number of aromatic nitrogens is 2. The molecule has 0 aliphatic heterocycles. The van der Waals surface area contributed by atoms with Gasteiger partial charge in [0, 0.05) is 23.1 Å². The average molecular weight is 426 g/mol. The summed E-state index contributed by atoms with van der Waals surface area (Å²) in [7, 11) is 0. The Morgan fingerprint density at radius 1 is 1.30 bits per heavy atom. The van der Waals surface area contributed by atoms with Gasteiger partial charge in [0.2, 0.25) is 0 Å². The number of aliphatic carboxylic acids is 1. The van der Waals surface area contributed by atoms with Gasteiger partial charge in [0.05, 0.1) is 6.54 Å². The van der Waals surface area contributed by atoms with E-state index in [4.69, 9.17) is 20.1 Å². The minimum Gasteiger partial charge on any atom is -0.475 e. The molecular weight excluding hydrogens is 405 g/mol. The molecule has 1 aromatic carbocycles. The van der Waals surface area contributed by atoms with Crippen molar-refractivity contribution in [2.75, 3.05) is 6.54 Å². The first-order chi connectivity index (χ1) is 14.1. The van der Waals surface area contributed by atoms with Crippen molar-refractivity contribution in [1.82, 2.24) is 15.3 Å². The van der Waals surface area contributed by atoms with Gasteiger partial charge >= 0.3 is 12.1 Å². The highest BCUT2D eigenvalue weighted by Gasteiger charge is 2.38. The van der Waals surface area contributed by atoms with E-state index in [1.54, 1.807) is 0 Å². The number of carboxylic acids is 1. The van der Waals surface area contributed by atoms with Gasteiger partial charge in [-0.25, -0.2) is 9.78 Å². The molecule has 5 N–H and O–H groups in total. The molecule has 0 aliphatic carbocycles. The summed E-state index contributed by atoms with van der Waals surface area (Å²) in [5, 5.41) is 11.2. The van der Waals surface area contributed by atoms with E-state index in [1.165, 1.54) is 22.9 Å². The fraction of sp³-hybridized carbons (Fsp3) is 0.316. The quantitative estimate of drug-likeness (QED) is 0.496. The Bertz CT molecular complexity index is 1040. The standard InChI is InChI=1S/C17H20N4O2.C2HF3O2/c1-10-4-3-5-13-12(11(2)21-15(10)13)6-7-19-17(22)16-14(8-18)23-9-20-16;3-2(4,5)1(6)7/h3-5,9,21H,6-8,18H2,1-2H3,(H,19,22);(H,6,7). The van der Waals surface area contributed by atoms with Crippen molar-refractivity contribution in [3.8, 4) is 0 Å². The van der Waals surface area contributed by atoms with Crippen LogP contribution in [-0.2, 0) is 17.8 Å². The van der Waals surface area contributed by atoms with E-state index in [2.05, 4.69) is 47.3 Å². The molecular formula is C19H21F3N4O4. The third kappa shape index (κ3) is 5.38. The van der Waals surface area contributed by atoms with Crippen LogP contribution in [0.3, 0.4) is 0 Å². The zero-order chi connectivity index (χ0) is 22.5. The lowest BCUT2D eigenvalue weighted by atomic mass is 10.1. The van der Waals surface area contributed by atoms with Crippen molar-refractivity contribution < 1.29 is 32.3 Å². The van der Waals surface area contributed by atoms with Gasteiger partial charge < -0.3 is 25.6 Å².